The van der Waals surface area contributed by atoms with E-state index in [-0.39, 0.29) is 23.7 Å². The van der Waals surface area contributed by atoms with Gasteiger partial charge in [-0.1, -0.05) is 84.9 Å². The first-order valence-corrected chi connectivity index (χ1v) is 12.8. The standard InChI is InChI=1S/C30H32N2O5/c33-26-13-7-8-22(18-26)19-31-28(34)21-32-16-14-23(15-17-32)27(20-32)37-29(35)30(36,24-9-3-1-4-10-24)25-11-5-2-6-12-25/h1-13,18,23,27,36H,14-17,19-21H2,(H-,31,33,34). The van der Waals surface area contributed by atoms with Crippen molar-refractivity contribution in [3.8, 4) is 5.75 Å². The topological polar surface area (TPSA) is 98.7 Å². The summed E-state index contributed by atoms with van der Waals surface area (Å²) < 4.78 is 6.63. The van der Waals surface area contributed by atoms with E-state index in [1.54, 1.807) is 54.6 Å². The number of nitrogens with zero attached hydrogens (tertiary/aromatic N) is 1. The maximum absolute atomic E-state index is 13.6. The molecule has 2 N–H and O–H groups in total. The zero-order chi connectivity index (χ0) is 25.9. The van der Waals surface area contributed by atoms with E-state index in [9.17, 15) is 19.8 Å². The molecule has 3 aromatic carbocycles. The zero-order valence-electron chi connectivity index (χ0n) is 20.7. The third-order valence-corrected chi connectivity index (χ3v) is 7.85. The zero-order valence-corrected chi connectivity index (χ0v) is 20.7. The molecule has 0 aromatic heterocycles. The molecule has 0 spiro atoms. The number of benzene rings is 3. The molecule has 7 nitrogen and oxygen atoms in total. The number of amides is 1. The number of fused-ring (bicyclic) bond motifs is 3. The largest absolute Gasteiger partial charge is 0.872 e. The number of carbonyl (C=O) groups excluding carboxylic acids is 2. The van der Waals surface area contributed by atoms with Crippen molar-refractivity contribution in [1.82, 2.24) is 5.32 Å². The molecule has 3 heterocycles. The second kappa shape index (κ2) is 10.4. The van der Waals surface area contributed by atoms with Gasteiger partial charge >= 0.3 is 5.97 Å². The average Bonchev–Trinajstić information content (AvgIpc) is 2.93. The lowest BCUT2D eigenvalue weighted by molar-refractivity contribution is -0.939. The molecule has 3 fully saturated rings. The van der Waals surface area contributed by atoms with Crippen LogP contribution in [-0.4, -0.2) is 53.7 Å². The number of hydrogen-bond acceptors (Lipinski definition) is 5. The number of piperidine rings is 3. The van der Waals surface area contributed by atoms with Gasteiger partial charge in [-0.15, -0.1) is 5.75 Å². The van der Waals surface area contributed by atoms with Crippen LogP contribution in [0, 0.1) is 5.92 Å². The van der Waals surface area contributed by atoms with Crippen LogP contribution in [0.25, 0.3) is 0 Å². The van der Waals surface area contributed by atoms with E-state index in [4.69, 9.17) is 4.74 Å². The van der Waals surface area contributed by atoms with Gasteiger partial charge in [0.1, 0.15) is 6.54 Å². The van der Waals surface area contributed by atoms with Crippen LogP contribution in [-0.2, 0) is 26.5 Å². The second-order valence-electron chi connectivity index (χ2n) is 10.3. The molecular weight excluding hydrogens is 468 g/mol. The van der Waals surface area contributed by atoms with Gasteiger partial charge in [-0.05, 0) is 16.7 Å². The molecule has 3 aliphatic heterocycles. The predicted molar refractivity (Wildman–Crippen MR) is 136 cm³/mol. The fraction of sp³-hybridized carbons (Fsp3) is 0.333. The summed E-state index contributed by atoms with van der Waals surface area (Å²) in [7, 11) is 0. The summed E-state index contributed by atoms with van der Waals surface area (Å²) in [6.07, 6.45) is 1.34. The number of ether oxygens (including phenoxy) is 1. The monoisotopic (exact) mass is 500 g/mol. The van der Waals surface area contributed by atoms with Gasteiger partial charge < -0.3 is 24.7 Å². The molecule has 3 aliphatic rings. The van der Waals surface area contributed by atoms with Gasteiger partial charge in [-0.25, -0.2) is 4.79 Å². The van der Waals surface area contributed by atoms with E-state index >= 15 is 0 Å². The first-order chi connectivity index (χ1) is 17.9. The van der Waals surface area contributed by atoms with Crippen molar-refractivity contribution >= 4 is 11.9 Å². The van der Waals surface area contributed by atoms with Crippen LogP contribution >= 0.6 is 0 Å². The Labute approximate surface area is 216 Å². The molecule has 1 unspecified atom stereocenters. The van der Waals surface area contributed by atoms with Crippen molar-refractivity contribution < 1.29 is 29.0 Å². The molecule has 3 saturated heterocycles. The summed E-state index contributed by atoms with van der Waals surface area (Å²) in [6, 6.07) is 24.3. The molecule has 0 radical (unpaired) electrons. The van der Waals surface area contributed by atoms with E-state index in [1.807, 2.05) is 18.2 Å². The lowest BCUT2D eigenvalue weighted by atomic mass is 9.82. The van der Waals surface area contributed by atoms with Crippen LogP contribution < -0.4 is 10.4 Å². The Morgan fingerprint density at radius 2 is 1.57 bits per heavy atom. The third kappa shape index (κ3) is 5.24. The summed E-state index contributed by atoms with van der Waals surface area (Å²) in [5.74, 6) is -0.652. The summed E-state index contributed by atoms with van der Waals surface area (Å²) >= 11 is 0. The van der Waals surface area contributed by atoms with Crippen molar-refractivity contribution in [2.45, 2.75) is 31.1 Å². The molecule has 6 rings (SSSR count). The molecule has 37 heavy (non-hydrogen) atoms. The van der Waals surface area contributed by atoms with Crippen LogP contribution in [0.4, 0.5) is 0 Å². The smallest absolute Gasteiger partial charge is 0.348 e. The number of rotatable bonds is 8. The molecule has 0 aliphatic carbocycles. The minimum atomic E-state index is -1.92. The van der Waals surface area contributed by atoms with Crippen LogP contribution in [0.2, 0.25) is 0 Å². The number of nitrogens with one attached hydrogen (secondary N) is 1. The number of esters is 1. The van der Waals surface area contributed by atoms with Crippen LogP contribution in [0.5, 0.6) is 5.75 Å². The van der Waals surface area contributed by atoms with E-state index < -0.39 is 11.6 Å². The van der Waals surface area contributed by atoms with Crippen molar-refractivity contribution in [3.63, 3.8) is 0 Å². The second-order valence-corrected chi connectivity index (χ2v) is 10.3. The number of hydrogen-bond donors (Lipinski definition) is 2. The van der Waals surface area contributed by atoms with Crippen molar-refractivity contribution in [1.29, 1.82) is 0 Å². The van der Waals surface area contributed by atoms with Crippen molar-refractivity contribution in [3.05, 3.63) is 102 Å². The number of aliphatic hydroxyl groups is 1. The van der Waals surface area contributed by atoms with Gasteiger partial charge in [-0.3, -0.25) is 4.79 Å². The molecule has 7 heteroatoms. The molecule has 2 bridgehead atoms. The molecule has 1 amide bonds. The van der Waals surface area contributed by atoms with Crippen LogP contribution in [0.1, 0.15) is 29.5 Å². The van der Waals surface area contributed by atoms with Crippen molar-refractivity contribution in [2.24, 2.45) is 5.92 Å². The summed E-state index contributed by atoms with van der Waals surface area (Å²) in [5.41, 5.74) is -0.241. The Balaban J connectivity index is 1.29. The molecule has 192 valence electrons. The number of carbonyl (C=O) groups is 2. The highest BCUT2D eigenvalue weighted by Gasteiger charge is 2.51. The lowest BCUT2D eigenvalue weighted by Crippen LogP contribution is -2.66. The average molecular weight is 501 g/mol. The summed E-state index contributed by atoms with van der Waals surface area (Å²) in [4.78, 5) is 26.5. The fourth-order valence-corrected chi connectivity index (χ4v) is 5.78. The van der Waals surface area contributed by atoms with E-state index in [1.165, 1.54) is 12.1 Å². The Morgan fingerprint density at radius 1 is 0.946 bits per heavy atom. The minimum Gasteiger partial charge on any atom is -0.872 e. The normalized spacial score (nSPS) is 22.8. The maximum Gasteiger partial charge on any atom is 0.348 e. The van der Waals surface area contributed by atoms with Crippen molar-refractivity contribution in [2.75, 3.05) is 26.2 Å². The minimum absolute atomic E-state index is 0.0812. The Bertz CT molecular complexity index is 1200. The fourth-order valence-electron chi connectivity index (χ4n) is 5.78. The van der Waals surface area contributed by atoms with E-state index in [2.05, 4.69) is 5.32 Å². The van der Waals surface area contributed by atoms with Gasteiger partial charge in [0, 0.05) is 25.3 Å². The first kappa shape index (κ1) is 25.0. The molecule has 3 aromatic rings. The van der Waals surface area contributed by atoms with Gasteiger partial charge in [-0.2, -0.15) is 0 Å². The maximum atomic E-state index is 13.6. The first-order valence-electron chi connectivity index (χ1n) is 12.8. The van der Waals surface area contributed by atoms with Gasteiger partial charge in [0.05, 0.1) is 13.1 Å². The molecule has 1 atom stereocenters. The Hall–Kier alpha value is -3.68. The molecular formula is C30H32N2O5. The third-order valence-electron chi connectivity index (χ3n) is 7.85. The highest BCUT2D eigenvalue weighted by Crippen LogP contribution is 2.38. The predicted octanol–water partition coefficient (Wildman–Crippen LogP) is 2.46. The van der Waals surface area contributed by atoms with E-state index in [0.717, 1.165) is 31.5 Å². The summed E-state index contributed by atoms with van der Waals surface area (Å²) in [6.45, 7) is 2.84. The Morgan fingerprint density at radius 3 is 2.16 bits per heavy atom. The summed E-state index contributed by atoms with van der Waals surface area (Å²) in [5, 5.41) is 26.3. The SMILES string of the molecule is O=C(C[N+]12CCC(CC1)C(OC(=O)C(O)(c1ccccc1)c1ccccc1)C2)NCc1cccc([O-])c1. The van der Waals surface area contributed by atoms with Gasteiger partial charge in [0.15, 0.2) is 12.6 Å². The van der Waals surface area contributed by atoms with E-state index in [0.29, 0.717) is 35.2 Å². The Kier molecular flexibility index (Phi) is 7.00. The highest BCUT2D eigenvalue weighted by atomic mass is 16.6. The number of quaternary nitrogens is 1. The van der Waals surface area contributed by atoms with Crippen LogP contribution in [0.3, 0.4) is 0 Å². The highest BCUT2D eigenvalue weighted by molar-refractivity contribution is 5.85. The molecule has 0 saturated carbocycles. The quantitative estimate of drug-likeness (QED) is 0.366. The lowest BCUT2D eigenvalue weighted by Gasteiger charge is -2.51. The van der Waals surface area contributed by atoms with Gasteiger partial charge in [0.25, 0.3) is 5.91 Å². The van der Waals surface area contributed by atoms with Crippen LogP contribution in [0.15, 0.2) is 84.9 Å². The van der Waals surface area contributed by atoms with Gasteiger partial charge in [0.2, 0.25) is 5.60 Å².